The standard InChI is InChI=1S/C53H34N4O/c54-35-36-16-12-22-41(32-36)51-55-50(37-17-4-1-5-18-37)56-52(57-51)42-23-14-20-39(34-42)38-19-13-21-40(33-38)45-28-15-30-47-49(45)58-48-31-11-10-29-46(48)53(47,43-24-6-2-7-25-43)44-26-8-3-9-27-44/h1-34H. The summed E-state index contributed by atoms with van der Waals surface area (Å²) in [5.74, 6) is 3.29. The van der Waals surface area contributed by atoms with E-state index in [1.54, 1.807) is 6.07 Å². The number of fused-ring (bicyclic) bond motifs is 2. The summed E-state index contributed by atoms with van der Waals surface area (Å²) >= 11 is 0. The predicted octanol–water partition coefficient (Wildman–Crippen LogP) is 12.6. The molecule has 1 aromatic heterocycles. The maximum atomic E-state index is 9.61. The zero-order valence-electron chi connectivity index (χ0n) is 31.3. The van der Waals surface area contributed by atoms with E-state index in [0.29, 0.717) is 23.0 Å². The second-order valence-corrected chi connectivity index (χ2v) is 14.3. The Balaban J connectivity index is 1.10. The highest BCUT2D eigenvalue weighted by Gasteiger charge is 2.45. The summed E-state index contributed by atoms with van der Waals surface area (Å²) in [7, 11) is 0. The van der Waals surface area contributed by atoms with Gasteiger partial charge < -0.3 is 4.74 Å². The van der Waals surface area contributed by atoms with E-state index in [-0.39, 0.29) is 0 Å². The molecule has 0 amide bonds. The number of hydrogen-bond donors (Lipinski definition) is 0. The first-order chi connectivity index (χ1) is 28.7. The highest BCUT2D eigenvalue weighted by atomic mass is 16.5. The molecule has 1 aliphatic rings. The Morgan fingerprint density at radius 1 is 0.397 bits per heavy atom. The van der Waals surface area contributed by atoms with E-state index in [0.717, 1.165) is 61.6 Å². The van der Waals surface area contributed by atoms with Gasteiger partial charge in [0.15, 0.2) is 17.5 Å². The maximum Gasteiger partial charge on any atom is 0.164 e. The molecule has 0 aliphatic carbocycles. The summed E-state index contributed by atoms with van der Waals surface area (Å²) in [6.45, 7) is 0. The molecule has 0 radical (unpaired) electrons. The minimum absolute atomic E-state index is 0.505. The first-order valence-corrected chi connectivity index (χ1v) is 19.2. The van der Waals surface area contributed by atoms with Crippen molar-refractivity contribution in [2.24, 2.45) is 0 Å². The highest BCUT2D eigenvalue weighted by Crippen LogP contribution is 2.57. The predicted molar refractivity (Wildman–Crippen MR) is 230 cm³/mol. The molecule has 10 rings (SSSR count). The van der Waals surface area contributed by atoms with E-state index >= 15 is 0 Å². The zero-order chi connectivity index (χ0) is 38.9. The third kappa shape index (κ3) is 6.01. The number of rotatable bonds is 7. The molecule has 0 bridgehead atoms. The minimum atomic E-state index is -0.605. The average molecular weight is 743 g/mol. The van der Waals surface area contributed by atoms with Crippen molar-refractivity contribution in [2.45, 2.75) is 5.41 Å². The van der Waals surface area contributed by atoms with Gasteiger partial charge in [-0.05, 0) is 58.1 Å². The molecule has 58 heavy (non-hydrogen) atoms. The fraction of sp³-hybridized carbons (Fsp3) is 0.0189. The lowest BCUT2D eigenvalue weighted by molar-refractivity contribution is 0.436. The molecular weight excluding hydrogens is 709 g/mol. The van der Waals surface area contributed by atoms with E-state index < -0.39 is 5.41 Å². The molecule has 8 aromatic carbocycles. The lowest BCUT2D eigenvalue weighted by Gasteiger charge is -2.42. The summed E-state index contributed by atoms with van der Waals surface area (Å²) < 4.78 is 6.95. The van der Waals surface area contributed by atoms with Gasteiger partial charge in [0, 0.05) is 33.4 Å². The Morgan fingerprint density at radius 2 is 0.862 bits per heavy atom. The smallest absolute Gasteiger partial charge is 0.164 e. The van der Waals surface area contributed by atoms with Gasteiger partial charge in [0.1, 0.15) is 11.5 Å². The molecule has 0 atom stereocenters. The van der Waals surface area contributed by atoms with Gasteiger partial charge in [-0.15, -0.1) is 0 Å². The summed E-state index contributed by atoms with van der Waals surface area (Å²) in [4.78, 5) is 14.8. The molecule has 0 saturated heterocycles. The van der Waals surface area contributed by atoms with Crippen LogP contribution in [0.4, 0.5) is 0 Å². The number of benzene rings is 8. The summed E-state index contributed by atoms with van der Waals surface area (Å²) in [6, 6.07) is 72.8. The Morgan fingerprint density at radius 3 is 1.52 bits per heavy atom. The molecule has 0 unspecified atom stereocenters. The molecule has 0 spiro atoms. The lowest BCUT2D eigenvalue weighted by atomic mass is 9.63. The van der Waals surface area contributed by atoms with Crippen LogP contribution in [0.3, 0.4) is 0 Å². The second-order valence-electron chi connectivity index (χ2n) is 14.3. The fourth-order valence-corrected chi connectivity index (χ4v) is 8.24. The molecule has 5 nitrogen and oxygen atoms in total. The van der Waals surface area contributed by atoms with Gasteiger partial charge in [-0.1, -0.05) is 176 Å². The third-order valence-electron chi connectivity index (χ3n) is 10.9. The molecule has 9 aromatic rings. The molecule has 0 N–H and O–H groups in total. The van der Waals surface area contributed by atoms with Gasteiger partial charge in [-0.25, -0.2) is 15.0 Å². The number of para-hydroxylation sites is 2. The largest absolute Gasteiger partial charge is 0.456 e. The van der Waals surface area contributed by atoms with Crippen molar-refractivity contribution in [3.8, 4) is 74.0 Å². The van der Waals surface area contributed by atoms with Crippen LogP contribution >= 0.6 is 0 Å². The van der Waals surface area contributed by atoms with Crippen LogP contribution in [-0.2, 0) is 5.41 Å². The Bertz CT molecular complexity index is 2950. The average Bonchev–Trinajstić information content (AvgIpc) is 3.31. The number of ether oxygens (including phenoxy) is 1. The molecule has 272 valence electrons. The van der Waals surface area contributed by atoms with E-state index in [9.17, 15) is 5.26 Å². The van der Waals surface area contributed by atoms with Gasteiger partial charge in [-0.2, -0.15) is 5.26 Å². The first-order valence-electron chi connectivity index (χ1n) is 19.2. The Labute approximate surface area is 337 Å². The number of aromatic nitrogens is 3. The van der Waals surface area contributed by atoms with Gasteiger partial charge >= 0.3 is 0 Å². The monoisotopic (exact) mass is 742 g/mol. The van der Waals surface area contributed by atoms with Crippen LogP contribution in [0.15, 0.2) is 206 Å². The quantitative estimate of drug-likeness (QED) is 0.163. The topological polar surface area (TPSA) is 71.7 Å². The molecule has 1 aliphatic heterocycles. The van der Waals surface area contributed by atoms with Crippen molar-refractivity contribution in [1.29, 1.82) is 5.26 Å². The van der Waals surface area contributed by atoms with Crippen molar-refractivity contribution < 1.29 is 4.74 Å². The van der Waals surface area contributed by atoms with Crippen molar-refractivity contribution >= 4 is 0 Å². The summed E-state index contributed by atoms with van der Waals surface area (Å²) in [5.41, 5.74) is 11.1. The Hall–Kier alpha value is -7.94. The van der Waals surface area contributed by atoms with Gasteiger partial charge in [0.25, 0.3) is 0 Å². The minimum Gasteiger partial charge on any atom is -0.456 e. The highest BCUT2D eigenvalue weighted by molar-refractivity contribution is 5.83. The van der Waals surface area contributed by atoms with E-state index in [1.165, 1.54) is 11.1 Å². The number of nitrogens with zero attached hydrogens (tertiary/aromatic N) is 4. The number of hydrogen-bond acceptors (Lipinski definition) is 5. The van der Waals surface area contributed by atoms with Crippen molar-refractivity contribution in [3.05, 3.63) is 234 Å². The molecular formula is C53H34N4O. The van der Waals surface area contributed by atoms with Gasteiger partial charge in [-0.3, -0.25) is 0 Å². The normalized spacial score (nSPS) is 12.4. The lowest BCUT2D eigenvalue weighted by Crippen LogP contribution is -2.34. The fourth-order valence-electron chi connectivity index (χ4n) is 8.24. The molecule has 0 saturated carbocycles. The third-order valence-corrected chi connectivity index (χ3v) is 10.9. The van der Waals surface area contributed by atoms with Gasteiger partial charge in [0.05, 0.1) is 17.0 Å². The number of nitriles is 1. The van der Waals surface area contributed by atoms with E-state index in [2.05, 4.69) is 140 Å². The Kier molecular flexibility index (Phi) is 8.70. The molecule has 5 heteroatoms. The van der Waals surface area contributed by atoms with E-state index in [1.807, 2.05) is 66.7 Å². The van der Waals surface area contributed by atoms with Crippen molar-refractivity contribution in [2.75, 3.05) is 0 Å². The summed E-state index contributed by atoms with van der Waals surface area (Å²) in [6.07, 6.45) is 0. The van der Waals surface area contributed by atoms with Crippen LogP contribution in [-0.4, -0.2) is 15.0 Å². The van der Waals surface area contributed by atoms with E-state index in [4.69, 9.17) is 19.7 Å². The van der Waals surface area contributed by atoms with Crippen LogP contribution in [0.2, 0.25) is 0 Å². The molecule has 2 heterocycles. The van der Waals surface area contributed by atoms with Crippen LogP contribution < -0.4 is 4.74 Å². The molecule has 0 fully saturated rings. The zero-order valence-corrected chi connectivity index (χ0v) is 31.3. The van der Waals surface area contributed by atoms with Crippen LogP contribution in [0, 0.1) is 11.3 Å². The second kappa shape index (κ2) is 14.6. The van der Waals surface area contributed by atoms with Crippen molar-refractivity contribution in [3.63, 3.8) is 0 Å². The van der Waals surface area contributed by atoms with Gasteiger partial charge in [0.2, 0.25) is 0 Å². The maximum absolute atomic E-state index is 9.61. The van der Waals surface area contributed by atoms with Crippen LogP contribution in [0.5, 0.6) is 11.5 Å². The first kappa shape index (κ1) is 34.5. The summed E-state index contributed by atoms with van der Waals surface area (Å²) in [5, 5.41) is 9.61. The van der Waals surface area contributed by atoms with Crippen LogP contribution in [0.1, 0.15) is 27.8 Å². The van der Waals surface area contributed by atoms with Crippen LogP contribution in [0.25, 0.3) is 56.4 Å². The van der Waals surface area contributed by atoms with Crippen molar-refractivity contribution in [1.82, 2.24) is 15.0 Å². The SMILES string of the molecule is N#Cc1cccc(-c2nc(-c3ccccc3)nc(-c3cccc(-c4cccc(-c5cccc6c5Oc5ccccc5C6(c5ccccc5)c5ccccc5)c4)c3)n2)c1.